The maximum atomic E-state index is 12.8. The highest BCUT2D eigenvalue weighted by molar-refractivity contribution is 5.87. The fourth-order valence-corrected chi connectivity index (χ4v) is 3.34. The number of carbonyl (C=O) groups is 1. The monoisotopic (exact) mass is 273 g/mol. The molecule has 0 amide bonds. The fraction of sp³-hybridized carbons (Fsp3) is 0.611. The minimum absolute atomic E-state index is 0.0706. The highest BCUT2D eigenvalue weighted by Crippen LogP contribution is 2.36. The summed E-state index contributed by atoms with van der Waals surface area (Å²) in [5.41, 5.74) is 3.68. The zero-order valence-corrected chi connectivity index (χ0v) is 13.1. The van der Waals surface area contributed by atoms with E-state index in [1.54, 1.807) is 0 Å². The zero-order chi connectivity index (χ0) is 14.6. The Morgan fingerprint density at radius 1 is 1.20 bits per heavy atom. The molecular formula is C18H27NO. The molecule has 0 aliphatic carbocycles. The summed E-state index contributed by atoms with van der Waals surface area (Å²) in [6.45, 7) is 8.40. The van der Waals surface area contributed by atoms with Gasteiger partial charge in [0, 0.05) is 11.8 Å². The second-order valence-corrected chi connectivity index (χ2v) is 6.30. The van der Waals surface area contributed by atoms with Gasteiger partial charge in [0.25, 0.3) is 0 Å². The van der Waals surface area contributed by atoms with E-state index in [1.807, 2.05) is 0 Å². The van der Waals surface area contributed by atoms with Crippen LogP contribution in [0.25, 0.3) is 0 Å². The van der Waals surface area contributed by atoms with E-state index in [1.165, 1.54) is 16.7 Å². The molecule has 1 saturated heterocycles. The van der Waals surface area contributed by atoms with E-state index >= 15 is 0 Å². The summed E-state index contributed by atoms with van der Waals surface area (Å²) in [5.74, 6) is 0.448. The first-order valence-corrected chi connectivity index (χ1v) is 7.87. The lowest BCUT2D eigenvalue weighted by Crippen LogP contribution is -2.42. The molecule has 1 N–H and O–H groups in total. The molecule has 0 unspecified atom stereocenters. The molecule has 1 heterocycles. The normalized spacial score (nSPS) is 17.9. The van der Waals surface area contributed by atoms with Crippen LogP contribution in [0.5, 0.6) is 0 Å². The average Bonchev–Trinajstić information content (AvgIpc) is 2.44. The molecule has 2 nitrogen and oxygen atoms in total. The first-order chi connectivity index (χ1) is 9.57. The summed E-state index contributed by atoms with van der Waals surface area (Å²) in [6.07, 6.45) is 4.74. The molecule has 0 bridgehead atoms. The summed E-state index contributed by atoms with van der Waals surface area (Å²) >= 11 is 0. The number of hydrogen-bond donors (Lipinski definition) is 1. The summed E-state index contributed by atoms with van der Waals surface area (Å²) in [4.78, 5) is 12.8. The Balaban J connectivity index is 2.13. The van der Waals surface area contributed by atoms with Crippen LogP contribution in [-0.2, 0) is 11.2 Å². The van der Waals surface area contributed by atoms with Gasteiger partial charge in [-0.25, -0.2) is 0 Å². The quantitative estimate of drug-likeness (QED) is 0.888. The summed E-state index contributed by atoms with van der Waals surface area (Å²) < 4.78 is 0. The van der Waals surface area contributed by atoms with Crippen LogP contribution in [0, 0.1) is 19.3 Å². The van der Waals surface area contributed by atoms with Crippen LogP contribution in [0.15, 0.2) is 18.2 Å². The molecule has 0 radical (unpaired) electrons. The molecule has 0 atom stereocenters. The number of hydrogen-bond acceptors (Lipinski definition) is 2. The number of benzene rings is 1. The number of rotatable bonds is 5. The Morgan fingerprint density at radius 3 is 2.50 bits per heavy atom. The number of ketones is 1. The first kappa shape index (κ1) is 15.2. The second kappa shape index (κ2) is 6.53. The summed E-state index contributed by atoms with van der Waals surface area (Å²) in [6, 6.07) is 6.42. The van der Waals surface area contributed by atoms with E-state index in [9.17, 15) is 4.79 Å². The van der Waals surface area contributed by atoms with Gasteiger partial charge in [-0.3, -0.25) is 4.79 Å². The van der Waals surface area contributed by atoms with Crippen molar-refractivity contribution in [1.82, 2.24) is 5.32 Å². The molecule has 0 spiro atoms. The molecule has 2 rings (SSSR count). The van der Waals surface area contributed by atoms with Gasteiger partial charge in [0.05, 0.1) is 0 Å². The predicted molar refractivity (Wildman–Crippen MR) is 84.1 cm³/mol. The van der Waals surface area contributed by atoms with Crippen LogP contribution in [0.3, 0.4) is 0 Å². The predicted octanol–water partition coefficient (Wildman–Crippen LogP) is 3.58. The molecule has 1 aliphatic rings. The van der Waals surface area contributed by atoms with Crippen LogP contribution in [0.2, 0.25) is 0 Å². The van der Waals surface area contributed by atoms with Crippen molar-refractivity contribution in [3.05, 3.63) is 34.9 Å². The maximum absolute atomic E-state index is 12.8. The molecule has 1 aromatic rings. The van der Waals surface area contributed by atoms with E-state index in [0.717, 1.165) is 38.8 Å². The van der Waals surface area contributed by atoms with E-state index in [4.69, 9.17) is 0 Å². The van der Waals surface area contributed by atoms with Crippen LogP contribution in [0.4, 0.5) is 0 Å². The van der Waals surface area contributed by atoms with Gasteiger partial charge in [-0.05, 0) is 62.9 Å². The van der Waals surface area contributed by atoms with E-state index in [0.29, 0.717) is 12.2 Å². The van der Waals surface area contributed by atoms with Gasteiger partial charge in [0.15, 0.2) is 0 Å². The molecule has 20 heavy (non-hydrogen) atoms. The van der Waals surface area contributed by atoms with Crippen molar-refractivity contribution in [2.24, 2.45) is 5.41 Å². The Morgan fingerprint density at radius 2 is 1.90 bits per heavy atom. The van der Waals surface area contributed by atoms with Crippen LogP contribution in [-0.4, -0.2) is 18.9 Å². The van der Waals surface area contributed by atoms with Crippen molar-refractivity contribution in [3.63, 3.8) is 0 Å². The summed E-state index contributed by atoms with van der Waals surface area (Å²) in [7, 11) is 0. The zero-order valence-electron chi connectivity index (χ0n) is 13.1. The first-order valence-electron chi connectivity index (χ1n) is 7.87. The molecule has 110 valence electrons. The number of carbonyl (C=O) groups excluding carboxylic acids is 1. The third-order valence-corrected chi connectivity index (χ3v) is 4.82. The van der Waals surface area contributed by atoms with Crippen molar-refractivity contribution in [3.8, 4) is 0 Å². The van der Waals surface area contributed by atoms with Gasteiger partial charge in [-0.2, -0.15) is 0 Å². The molecule has 1 aromatic carbocycles. The van der Waals surface area contributed by atoms with Gasteiger partial charge in [-0.1, -0.05) is 31.5 Å². The second-order valence-electron chi connectivity index (χ2n) is 6.30. The highest BCUT2D eigenvalue weighted by Gasteiger charge is 2.37. The van der Waals surface area contributed by atoms with E-state index < -0.39 is 0 Å². The topological polar surface area (TPSA) is 29.1 Å². The molecule has 1 aliphatic heterocycles. The van der Waals surface area contributed by atoms with Gasteiger partial charge >= 0.3 is 0 Å². The lowest BCUT2D eigenvalue weighted by atomic mass is 9.70. The average molecular weight is 273 g/mol. The smallest absolute Gasteiger partial charge is 0.143 e. The standard InChI is InChI=1S/C18H27NO/c1-4-7-18(8-10-19-11-9-18)17(20)13-16-6-5-14(2)15(3)12-16/h5-6,12,19H,4,7-11,13H2,1-3H3. The lowest BCUT2D eigenvalue weighted by Gasteiger charge is -2.36. The molecular weight excluding hydrogens is 246 g/mol. The van der Waals surface area contributed by atoms with E-state index in [2.05, 4.69) is 44.3 Å². The fourth-order valence-electron chi connectivity index (χ4n) is 3.34. The molecule has 2 heteroatoms. The molecule has 0 saturated carbocycles. The largest absolute Gasteiger partial charge is 0.317 e. The Kier molecular flexibility index (Phi) is 4.98. The number of aryl methyl sites for hydroxylation is 2. The maximum Gasteiger partial charge on any atom is 0.143 e. The third-order valence-electron chi connectivity index (χ3n) is 4.82. The van der Waals surface area contributed by atoms with Gasteiger partial charge in [0.1, 0.15) is 5.78 Å². The van der Waals surface area contributed by atoms with Crippen molar-refractivity contribution < 1.29 is 4.79 Å². The minimum Gasteiger partial charge on any atom is -0.317 e. The number of piperidine rings is 1. The Labute approximate surface area is 123 Å². The van der Waals surface area contributed by atoms with Crippen LogP contribution < -0.4 is 5.32 Å². The SMILES string of the molecule is CCCC1(C(=O)Cc2ccc(C)c(C)c2)CCNCC1. The van der Waals surface area contributed by atoms with Crippen LogP contribution >= 0.6 is 0 Å². The van der Waals surface area contributed by atoms with Crippen molar-refractivity contribution in [1.29, 1.82) is 0 Å². The summed E-state index contributed by atoms with van der Waals surface area (Å²) in [5, 5.41) is 3.38. The van der Waals surface area contributed by atoms with Gasteiger partial charge < -0.3 is 5.32 Å². The van der Waals surface area contributed by atoms with Crippen molar-refractivity contribution >= 4 is 5.78 Å². The van der Waals surface area contributed by atoms with Crippen molar-refractivity contribution in [2.45, 2.75) is 52.9 Å². The van der Waals surface area contributed by atoms with Crippen LogP contribution in [0.1, 0.15) is 49.3 Å². The Bertz CT molecular complexity index is 467. The number of Topliss-reactive ketones (excluding diaryl/α,β-unsaturated/α-hetero) is 1. The van der Waals surface area contributed by atoms with Gasteiger partial charge in [0.2, 0.25) is 0 Å². The molecule has 0 aromatic heterocycles. The Hall–Kier alpha value is -1.15. The third kappa shape index (κ3) is 3.29. The van der Waals surface area contributed by atoms with E-state index in [-0.39, 0.29) is 5.41 Å². The van der Waals surface area contributed by atoms with Crippen molar-refractivity contribution in [2.75, 3.05) is 13.1 Å². The number of nitrogens with one attached hydrogen (secondary N) is 1. The minimum atomic E-state index is -0.0706. The lowest BCUT2D eigenvalue weighted by molar-refractivity contribution is -0.130. The molecule has 1 fully saturated rings. The van der Waals surface area contributed by atoms with Gasteiger partial charge in [-0.15, -0.1) is 0 Å². The highest BCUT2D eigenvalue weighted by atomic mass is 16.1.